The van der Waals surface area contributed by atoms with Gasteiger partial charge in [0, 0.05) is 18.4 Å². The van der Waals surface area contributed by atoms with Crippen molar-refractivity contribution in [3.8, 4) is 5.75 Å². The molecule has 0 aliphatic carbocycles. The Hall–Kier alpha value is -2.34. The zero-order valence-electron chi connectivity index (χ0n) is 13.3. The number of hydrogen-bond acceptors (Lipinski definition) is 5. The lowest BCUT2D eigenvalue weighted by atomic mass is 10.2. The molecule has 1 amide bonds. The van der Waals surface area contributed by atoms with E-state index in [0.717, 1.165) is 0 Å². The smallest absolute Gasteiger partial charge is 0.270 e. The Kier molecular flexibility index (Phi) is 5.76. The van der Waals surface area contributed by atoms with Gasteiger partial charge in [0.1, 0.15) is 11.4 Å². The van der Waals surface area contributed by atoms with Gasteiger partial charge in [-0.05, 0) is 30.2 Å². The van der Waals surface area contributed by atoms with E-state index in [1.54, 1.807) is 31.4 Å². The van der Waals surface area contributed by atoms with E-state index < -0.39 is 0 Å². The van der Waals surface area contributed by atoms with Gasteiger partial charge >= 0.3 is 0 Å². The lowest BCUT2D eigenvalue weighted by molar-refractivity contribution is 0.0944. The molecule has 2 aromatic rings. The van der Waals surface area contributed by atoms with E-state index in [4.69, 9.17) is 16.3 Å². The van der Waals surface area contributed by atoms with Gasteiger partial charge in [-0.2, -0.15) is 0 Å². The molecule has 6 nitrogen and oxygen atoms in total. The number of benzene rings is 1. The maximum atomic E-state index is 12.0. The van der Waals surface area contributed by atoms with Crippen LogP contribution in [0.2, 0.25) is 5.02 Å². The van der Waals surface area contributed by atoms with Crippen molar-refractivity contribution >= 4 is 29.1 Å². The lowest BCUT2D eigenvalue weighted by Crippen LogP contribution is -2.28. The zero-order valence-corrected chi connectivity index (χ0v) is 14.0. The van der Waals surface area contributed by atoms with Crippen LogP contribution in [0.25, 0.3) is 0 Å². The van der Waals surface area contributed by atoms with Crippen LogP contribution in [0.1, 0.15) is 24.3 Å². The molecule has 122 valence electrons. The number of nitrogens with zero attached hydrogens (tertiary/aromatic N) is 2. The van der Waals surface area contributed by atoms with Crippen LogP contribution in [0.4, 0.5) is 11.6 Å². The predicted octanol–water partition coefficient (Wildman–Crippen LogP) is 3.27. The molecule has 0 unspecified atom stereocenters. The Morgan fingerprint density at radius 2 is 2.13 bits per heavy atom. The van der Waals surface area contributed by atoms with E-state index in [2.05, 4.69) is 20.6 Å². The number of rotatable bonds is 6. The molecule has 1 aromatic carbocycles. The van der Waals surface area contributed by atoms with Gasteiger partial charge in [-0.15, -0.1) is 0 Å². The van der Waals surface area contributed by atoms with E-state index in [-0.39, 0.29) is 5.91 Å². The fourth-order valence-corrected chi connectivity index (χ4v) is 2.06. The number of carbonyl (C=O) groups excluding carboxylic acids is 1. The molecule has 7 heteroatoms. The molecule has 0 aliphatic rings. The van der Waals surface area contributed by atoms with E-state index in [9.17, 15) is 4.79 Å². The second kappa shape index (κ2) is 7.78. The second-order valence-electron chi connectivity index (χ2n) is 5.34. The van der Waals surface area contributed by atoms with Crippen LogP contribution in [0, 0.1) is 5.92 Å². The van der Waals surface area contributed by atoms with Crippen molar-refractivity contribution in [2.75, 3.05) is 19.0 Å². The number of ether oxygens (including phenoxy) is 1. The van der Waals surface area contributed by atoms with Crippen LogP contribution in [0.15, 0.2) is 30.5 Å². The highest BCUT2D eigenvalue weighted by atomic mass is 35.5. The fourth-order valence-electron chi connectivity index (χ4n) is 1.81. The molecule has 0 saturated carbocycles. The molecule has 0 aliphatic heterocycles. The molecule has 2 N–H and O–H groups in total. The molecule has 1 aromatic heterocycles. The summed E-state index contributed by atoms with van der Waals surface area (Å²) in [6, 6.07) is 6.81. The standard InChI is InChI=1S/C16H19ClN4O2/c1-10(2)9-19-15(22)13-6-7-18-16(21-13)20-11-4-5-14(23-3)12(17)8-11/h4-8,10H,9H2,1-3H3,(H,19,22)(H,18,20,21). The molecular formula is C16H19ClN4O2. The monoisotopic (exact) mass is 334 g/mol. The van der Waals surface area contributed by atoms with E-state index in [1.165, 1.54) is 6.20 Å². The largest absolute Gasteiger partial charge is 0.495 e. The third kappa shape index (κ3) is 4.82. The number of amides is 1. The molecular weight excluding hydrogens is 316 g/mol. The molecule has 0 bridgehead atoms. The summed E-state index contributed by atoms with van der Waals surface area (Å²) in [4.78, 5) is 20.3. The minimum atomic E-state index is -0.225. The van der Waals surface area contributed by atoms with Crippen LogP contribution in [-0.2, 0) is 0 Å². The minimum absolute atomic E-state index is 0.225. The Morgan fingerprint density at radius 3 is 2.78 bits per heavy atom. The van der Waals surface area contributed by atoms with Gasteiger partial charge in [-0.25, -0.2) is 9.97 Å². The van der Waals surface area contributed by atoms with E-state index in [1.807, 2.05) is 13.8 Å². The number of methoxy groups -OCH3 is 1. The first-order chi connectivity index (χ1) is 11.0. The molecule has 0 atom stereocenters. The average Bonchev–Trinajstić information content (AvgIpc) is 2.53. The summed E-state index contributed by atoms with van der Waals surface area (Å²) < 4.78 is 5.10. The summed E-state index contributed by atoms with van der Waals surface area (Å²) in [5, 5.41) is 6.31. The molecule has 2 rings (SSSR count). The SMILES string of the molecule is COc1ccc(Nc2nccc(C(=O)NCC(C)C)n2)cc1Cl. The van der Waals surface area contributed by atoms with Gasteiger partial charge in [-0.3, -0.25) is 4.79 Å². The quantitative estimate of drug-likeness (QED) is 0.848. The Morgan fingerprint density at radius 1 is 1.35 bits per heavy atom. The summed E-state index contributed by atoms with van der Waals surface area (Å²) in [6.45, 7) is 4.65. The Balaban J connectivity index is 2.10. The molecule has 1 heterocycles. The van der Waals surface area contributed by atoms with Crippen molar-refractivity contribution in [1.82, 2.24) is 15.3 Å². The lowest BCUT2D eigenvalue weighted by Gasteiger charge is -2.09. The van der Waals surface area contributed by atoms with Crippen LogP contribution in [0.3, 0.4) is 0 Å². The molecule has 0 radical (unpaired) electrons. The highest BCUT2D eigenvalue weighted by Gasteiger charge is 2.10. The Labute approximate surface area is 140 Å². The summed E-state index contributed by atoms with van der Waals surface area (Å²) in [7, 11) is 1.55. The molecule has 0 fully saturated rings. The first kappa shape index (κ1) is 17.0. The first-order valence-corrected chi connectivity index (χ1v) is 7.59. The maximum Gasteiger partial charge on any atom is 0.270 e. The number of nitrogens with one attached hydrogen (secondary N) is 2. The summed E-state index contributed by atoms with van der Waals surface area (Å²) in [5.74, 6) is 1.06. The number of carbonyl (C=O) groups is 1. The maximum absolute atomic E-state index is 12.0. The van der Waals surface area contributed by atoms with Crippen molar-refractivity contribution in [2.24, 2.45) is 5.92 Å². The van der Waals surface area contributed by atoms with Gasteiger partial charge in [0.15, 0.2) is 0 Å². The van der Waals surface area contributed by atoms with Crippen LogP contribution < -0.4 is 15.4 Å². The molecule has 23 heavy (non-hydrogen) atoms. The number of anilines is 2. The van der Waals surface area contributed by atoms with Gasteiger partial charge in [0.05, 0.1) is 12.1 Å². The molecule has 0 spiro atoms. The van der Waals surface area contributed by atoms with Crippen molar-refractivity contribution in [3.63, 3.8) is 0 Å². The second-order valence-corrected chi connectivity index (χ2v) is 5.75. The average molecular weight is 335 g/mol. The third-order valence-electron chi connectivity index (χ3n) is 2.97. The van der Waals surface area contributed by atoms with Gasteiger partial charge in [0.2, 0.25) is 5.95 Å². The van der Waals surface area contributed by atoms with Crippen LogP contribution in [0.5, 0.6) is 5.75 Å². The van der Waals surface area contributed by atoms with Crippen molar-refractivity contribution in [2.45, 2.75) is 13.8 Å². The van der Waals surface area contributed by atoms with Crippen LogP contribution in [-0.4, -0.2) is 29.5 Å². The van der Waals surface area contributed by atoms with E-state index in [0.29, 0.717) is 40.6 Å². The topological polar surface area (TPSA) is 76.1 Å². The van der Waals surface area contributed by atoms with Crippen LogP contribution >= 0.6 is 11.6 Å². The van der Waals surface area contributed by atoms with Gasteiger partial charge in [-0.1, -0.05) is 25.4 Å². The van der Waals surface area contributed by atoms with Crippen molar-refractivity contribution in [1.29, 1.82) is 0 Å². The van der Waals surface area contributed by atoms with E-state index >= 15 is 0 Å². The summed E-state index contributed by atoms with van der Waals surface area (Å²) >= 11 is 6.08. The Bertz CT molecular complexity index is 692. The number of halogens is 1. The minimum Gasteiger partial charge on any atom is -0.495 e. The highest BCUT2D eigenvalue weighted by molar-refractivity contribution is 6.32. The summed E-state index contributed by atoms with van der Waals surface area (Å²) in [6.07, 6.45) is 1.53. The molecule has 0 saturated heterocycles. The third-order valence-corrected chi connectivity index (χ3v) is 3.26. The normalized spacial score (nSPS) is 10.5. The van der Waals surface area contributed by atoms with Gasteiger partial charge in [0.25, 0.3) is 5.91 Å². The summed E-state index contributed by atoms with van der Waals surface area (Å²) in [5.41, 5.74) is 1.01. The fraction of sp³-hybridized carbons (Fsp3) is 0.312. The zero-order chi connectivity index (χ0) is 16.8. The van der Waals surface area contributed by atoms with Crippen molar-refractivity contribution in [3.05, 3.63) is 41.2 Å². The van der Waals surface area contributed by atoms with Gasteiger partial charge < -0.3 is 15.4 Å². The first-order valence-electron chi connectivity index (χ1n) is 7.21. The predicted molar refractivity (Wildman–Crippen MR) is 90.5 cm³/mol. The van der Waals surface area contributed by atoms with Crippen molar-refractivity contribution < 1.29 is 9.53 Å². The highest BCUT2D eigenvalue weighted by Crippen LogP contribution is 2.28. The number of hydrogen-bond donors (Lipinski definition) is 2. The number of aromatic nitrogens is 2.